The topological polar surface area (TPSA) is 0 Å². The Labute approximate surface area is 80.6 Å². The first-order chi connectivity index (χ1) is 5.61. The maximum absolute atomic E-state index is 2.30. The van der Waals surface area contributed by atoms with Crippen molar-refractivity contribution < 1.29 is 0 Å². The zero-order chi connectivity index (χ0) is 9.72. The molecular formula is C11H20S. The van der Waals surface area contributed by atoms with E-state index >= 15 is 0 Å². The average Bonchev–Trinajstić information content (AvgIpc) is 2.36. The first-order valence-corrected chi connectivity index (χ1v) is 5.50. The number of hydrogen-bond acceptors (Lipinski definition) is 1. The molecule has 0 aliphatic carbocycles. The van der Waals surface area contributed by atoms with E-state index in [1.54, 1.807) is 0 Å². The van der Waals surface area contributed by atoms with E-state index in [0.29, 0.717) is 5.92 Å². The maximum atomic E-state index is 2.30. The Morgan fingerprint density at radius 1 is 1.17 bits per heavy atom. The summed E-state index contributed by atoms with van der Waals surface area (Å²) in [5.74, 6) is 0.692. The predicted octanol–water partition coefficient (Wildman–Crippen LogP) is 4.51. The third kappa shape index (κ3) is 2.98. The highest BCUT2D eigenvalue weighted by Gasteiger charge is 2.03. The van der Waals surface area contributed by atoms with Crippen molar-refractivity contribution in [3.8, 4) is 0 Å². The summed E-state index contributed by atoms with van der Waals surface area (Å²) in [4.78, 5) is 2.97. The van der Waals surface area contributed by atoms with Gasteiger partial charge in [-0.25, -0.2) is 0 Å². The van der Waals surface area contributed by atoms with Crippen molar-refractivity contribution in [1.82, 2.24) is 0 Å². The molecule has 0 spiro atoms. The van der Waals surface area contributed by atoms with Crippen LogP contribution in [-0.2, 0) is 0 Å². The molecule has 0 bridgehead atoms. The van der Waals surface area contributed by atoms with Crippen LogP contribution in [0.5, 0.6) is 0 Å². The molecule has 0 aliphatic rings. The number of thiophene rings is 1. The van der Waals surface area contributed by atoms with E-state index in [9.17, 15) is 0 Å². The van der Waals surface area contributed by atoms with Crippen molar-refractivity contribution in [3.05, 3.63) is 21.4 Å². The molecule has 1 rings (SSSR count). The van der Waals surface area contributed by atoms with Crippen molar-refractivity contribution in [2.75, 3.05) is 0 Å². The van der Waals surface area contributed by atoms with Crippen molar-refractivity contribution in [3.63, 3.8) is 0 Å². The number of hydrogen-bond donors (Lipinski definition) is 0. The first kappa shape index (κ1) is 11.7. The van der Waals surface area contributed by atoms with Gasteiger partial charge >= 0.3 is 0 Å². The molecule has 0 aromatic carbocycles. The van der Waals surface area contributed by atoms with Crippen LogP contribution in [0.1, 0.15) is 48.9 Å². The summed E-state index contributed by atoms with van der Waals surface area (Å²) >= 11 is 1.92. The van der Waals surface area contributed by atoms with Crippen molar-refractivity contribution in [1.29, 1.82) is 0 Å². The average molecular weight is 184 g/mol. The largest absolute Gasteiger partial charge is 0.145 e. The van der Waals surface area contributed by atoms with Crippen molar-refractivity contribution >= 4 is 11.3 Å². The minimum absolute atomic E-state index is 0.692. The van der Waals surface area contributed by atoms with E-state index in [1.165, 1.54) is 15.3 Å². The lowest BCUT2D eigenvalue weighted by Gasteiger charge is -1.96. The van der Waals surface area contributed by atoms with Gasteiger partial charge in [0.1, 0.15) is 0 Å². The quantitative estimate of drug-likeness (QED) is 0.602. The Bertz CT molecular complexity index is 201. The smallest absolute Gasteiger partial charge is 0.00762 e. The van der Waals surface area contributed by atoms with Gasteiger partial charge in [0.05, 0.1) is 0 Å². The molecule has 0 fully saturated rings. The van der Waals surface area contributed by atoms with E-state index in [0.717, 1.165) is 0 Å². The van der Waals surface area contributed by atoms with Gasteiger partial charge in [0.25, 0.3) is 0 Å². The monoisotopic (exact) mass is 184 g/mol. The van der Waals surface area contributed by atoms with Crippen LogP contribution in [-0.4, -0.2) is 0 Å². The zero-order valence-corrected chi connectivity index (χ0v) is 9.88. The molecular weight excluding hydrogens is 164 g/mol. The highest BCUT2D eigenvalue weighted by molar-refractivity contribution is 7.12. The zero-order valence-electron chi connectivity index (χ0n) is 9.06. The molecule has 1 heterocycles. The summed E-state index contributed by atoms with van der Waals surface area (Å²) in [5.41, 5.74) is 1.44. The van der Waals surface area contributed by atoms with E-state index in [2.05, 4.69) is 33.8 Å². The Hall–Kier alpha value is -0.300. The van der Waals surface area contributed by atoms with Gasteiger partial charge in [0.2, 0.25) is 0 Å². The standard InChI is InChI=1S/C9H14S.C2H6/c1-6(2)9-5-7(3)8(4)10-9;1-2/h5-6H,1-4H3;1-2H3. The van der Waals surface area contributed by atoms with Crippen LogP contribution in [0.4, 0.5) is 0 Å². The molecule has 0 nitrogen and oxygen atoms in total. The Morgan fingerprint density at radius 2 is 1.67 bits per heavy atom. The summed E-state index contributed by atoms with van der Waals surface area (Å²) in [5, 5.41) is 0. The normalized spacial score (nSPS) is 9.58. The third-order valence-corrected chi connectivity index (χ3v) is 3.21. The van der Waals surface area contributed by atoms with Gasteiger partial charge in [-0.2, -0.15) is 0 Å². The van der Waals surface area contributed by atoms with E-state index in [-0.39, 0.29) is 0 Å². The van der Waals surface area contributed by atoms with Gasteiger partial charge in [0, 0.05) is 9.75 Å². The molecule has 0 amide bonds. The summed E-state index contributed by atoms with van der Waals surface area (Å²) in [6.07, 6.45) is 0. The fourth-order valence-corrected chi connectivity index (χ4v) is 1.93. The van der Waals surface area contributed by atoms with E-state index in [4.69, 9.17) is 0 Å². The number of rotatable bonds is 1. The van der Waals surface area contributed by atoms with Gasteiger partial charge < -0.3 is 0 Å². The van der Waals surface area contributed by atoms with Crippen LogP contribution in [0, 0.1) is 13.8 Å². The number of aryl methyl sites for hydroxylation is 2. The summed E-state index contributed by atoms with van der Waals surface area (Å²) in [6, 6.07) is 2.30. The minimum Gasteiger partial charge on any atom is -0.145 e. The third-order valence-electron chi connectivity index (χ3n) is 1.75. The second kappa shape index (κ2) is 5.36. The SMILES string of the molecule is CC.Cc1cc(C(C)C)sc1C. The Kier molecular flexibility index (Phi) is 5.23. The second-order valence-corrected chi connectivity index (χ2v) is 4.33. The summed E-state index contributed by atoms with van der Waals surface area (Å²) < 4.78 is 0. The van der Waals surface area contributed by atoms with Gasteiger partial charge in [-0.15, -0.1) is 11.3 Å². The van der Waals surface area contributed by atoms with Crippen LogP contribution < -0.4 is 0 Å². The Morgan fingerprint density at radius 3 is 1.83 bits per heavy atom. The Balaban J connectivity index is 0.000000561. The molecule has 1 aromatic rings. The molecule has 12 heavy (non-hydrogen) atoms. The van der Waals surface area contributed by atoms with Crippen LogP contribution in [0.2, 0.25) is 0 Å². The highest BCUT2D eigenvalue weighted by atomic mass is 32.1. The molecule has 0 N–H and O–H groups in total. The first-order valence-electron chi connectivity index (χ1n) is 4.68. The summed E-state index contributed by atoms with van der Waals surface area (Å²) in [7, 11) is 0. The van der Waals surface area contributed by atoms with Crippen LogP contribution in [0.25, 0.3) is 0 Å². The molecule has 1 heteroatoms. The highest BCUT2D eigenvalue weighted by Crippen LogP contribution is 2.26. The van der Waals surface area contributed by atoms with Gasteiger partial charge in [-0.1, -0.05) is 27.7 Å². The van der Waals surface area contributed by atoms with Gasteiger partial charge in [-0.3, -0.25) is 0 Å². The van der Waals surface area contributed by atoms with Gasteiger partial charge in [-0.05, 0) is 31.4 Å². The molecule has 0 saturated heterocycles. The molecule has 0 unspecified atom stereocenters. The van der Waals surface area contributed by atoms with Crippen LogP contribution in [0.3, 0.4) is 0 Å². The molecule has 0 radical (unpaired) electrons. The van der Waals surface area contributed by atoms with Crippen molar-refractivity contribution in [2.45, 2.75) is 47.5 Å². The van der Waals surface area contributed by atoms with Gasteiger partial charge in [0.15, 0.2) is 0 Å². The van der Waals surface area contributed by atoms with Crippen molar-refractivity contribution in [2.24, 2.45) is 0 Å². The predicted molar refractivity (Wildman–Crippen MR) is 59.2 cm³/mol. The lowest BCUT2D eigenvalue weighted by molar-refractivity contribution is 0.889. The molecule has 0 aliphatic heterocycles. The molecule has 0 saturated carbocycles. The van der Waals surface area contributed by atoms with E-state index in [1.807, 2.05) is 25.2 Å². The molecule has 0 atom stereocenters. The fraction of sp³-hybridized carbons (Fsp3) is 0.636. The lowest BCUT2D eigenvalue weighted by Crippen LogP contribution is -1.77. The molecule has 1 aromatic heterocycles. The minimum atomic E-state index is 0.692. The lowest BCUT2D eigenvalue weighted by atomic mass is 10.1. The van der Waals surface area contributed by atoms with Crippen LogP contribution in [0.15, 0.2) is 6.07 Å². The maximum Gasteiger partial charge on any atom is 0.00762 e. The van der Waals surface area contributed by atoms with Crippen LogP contribution >= 0.6 is 11.3 Å². The fourth-order valence-electron chi connectivity index (χ4n) is 0.886. The second-order valence-electron chi connectivity index (χ2n) is 3.04. The molecule has 70 valence electrons. The summed E-state index contributed by atoms with van der Waals surface area (Å²) in [6.45, 7) is 12.8. The van der Waals surface area contributed by atoms with E-state index < -0.39 is 0 Å².